The zero-order chi connectivity index (χ0) is 20.8. The Morgan fingerprint density at radius 1 is 1.34 bits per heavy atom. The molecule has 0 bridgehead atoms. The Morgan fingerprint density at radius 3 is 2.90 bits per heavy atom. The highest BCUT2D eigenvalue weighted by atomic mass is 79.9. The van der Waals surface area contributed by atoms with Crippen molar-refractivity contribution in [2.24, 2.45) is 7.05 Å². The second-order valence-corrected chi connectivity index (χ2v) is 9.12. The van der Waals surface area contributed by atoms with Gasteiger partial charge in [0, 0.05) is 18.0 Å². The largest absolute Gasteiger partial charge is 0.496 e. The first-order valence-corrected chi connectivity index (χ1v) is 11.1. The molecule has 1 aromatic heterocycles. The van der Waals surface area contributed by atoms with Crippen LogP contribution in [0, 0.1) is 0 Å². The summed E-state index contributed by atoms with van der Waals surface area (Å²) in [5, 5.41) is 4.77. The number of hydrogen-bond acceptors (Lipinski definition) is 6. The molecule has 10 heteroatoms. The SMILES string of the molecule is COc1ccc(Br)c2c1[C@H](C(=O)NS(=O)(=O)c1cccc3cnn(C)c13)CCO2. The van der Waals surface area contributed by atoms with Crippen molar-refractivity contribution in [2.75, 3.05) is 13.7 Å². The lowest BCUT2D eigenvalue weighted by atomic mass is 9.91. The third-order valence-electron chi connectivity index (χ3n) is 4.89. The number of halogens is 1. The van der Waals surface area contributed by atoms with Gasteiger partial charge < -0.3 is 9.47 Å². The van der Waals surface area contributed by atoms with Crippen LogP contribution in [0.3, 0.4) is 0 Å². The van der Waals surface area contributed by atoms with Crippen molar-refractivity contribution in [1.29, 1.82) is 0 Å². The quantitative estimate of drug-likeness (QED) is 0.617. The van der Waals surface area contributed by atoms with Crippen LogP contribution in [0.4, 0.5) is 0 Å². The van der Waals surface area contributed by atoms with E-state index < -0.39 is 21.8 Å². The summed E-state index contributed by atoms with van der Waals surface area (Å²) < 4.78 is 41.5. The predicted molar refractivity (Wildman–Crippen MR) is 110 cm³/mol. The summed E-state index contributed by atoms with van der Waals surface area (Å²) in [6.07, 6.45) is 1.91. The van der Waals surface area contributed by atoms with Crippen molar-refractivity contribution < 1.29 is 22.7 Å². The number of methoxy groups -OCH3 is 1. The Hall–Kier alpha value is -2.59. The van der Waals surface area contributed by atoms with Crippen LogP contribution in [-0.2, 0) is 21.9 Å². The molecule has 1 N–H and O–H groups in total. The van der Waals surface area contributed by atoms with Crippen molar-refractivity contribution in [3.05, 3.63) is 46.6 Å². The molecule has 152 valence electrons. The van der Waals surface area contributed by atoms with Gasteiger partial charge in [-0.1, -0.05) is 12.1 Å². The number of rotatable bonds is 4. The third-order valence-corrected chi connectivity index (χ3v) is 6.90. The smallest absolute Gasteiger partial charge is 0.266 e. The average Bonchev–Trinajstić information content (AvgIpc) is 3.09. The lowest BCUT2D eigenvalue weighted by Gasteiger charge is -2.27. The monoisotopic (exact) mass is 479 g/mol. The normalized spacial score (nSPS) is 16.2. The Labute approximate surface area is 176 Å². The fourth-order valence-corrected chi connectivity index (χ4v) is 5.31. The molecule has 2 heterocycles. The molecule has 8 nitrogen and oxygen atoms in total. The maximum absolute atomic E-state index is 13.0. The lowest BCUT2D eigenvalue weighted by molar-refractivity contribution is -0.121. The number of hydrogen-bond donors (Lipinski definition) is 1. The van der Waals surface area contributed by atoms with Crippen molar-refractivity contribution >= 4 is 42.8 Å². The number of carbonyl (C=O) groups excluding carboxylic acids is 1. The van der Waals surface area contributed by atoms with E-state index in [9.17, 15) is 13.2 Å². The number of ether oxygens (including phenoxy) is 2. The van der Waals surface area contributed by atoms with E-state index in [2.05, 4.69) is 25.8 Å². The molecule has 0 fully saturated rings. The first-order valence-electron chi connectivity index (χ1n) is 8.80. The summed E-state index contributed by atoms with van der Waals surface area (Å²) >= 11 is 3.41. The van der Waals surface area contributed by atoms with Crippen molar-refractivity contribution in [3.63, 3.8) is 0 Å². The number of benzene rings is 2. The maximum Gasteiger partial charge on any atom is 0.266 e. The van der Waals surface area contributed by atoms with Crippen LogP contribution in [0.5, 0.6) is 11.5 Å². The van der Waals surface area contributed by atoms with Gasteiger partial charge in [0.1, 0.15) is 16.4 Å². The number of nitrogens with one attached hydrogen (secondary N) is 1. The topological polar surface area (TPSA) is 99.5 Å². The van der Waals surface area contributed by atoms with E-state index >= 15 is 0 Å². The minimum absolute atomic E-state index is 0.00293. The number of aromatic nitrogens is 2. The van der Waals surface area contributed by atoms with E-state index in [-0.39, 0.29) is 11.5 Å². The summed E-state index contributed by atoms with van der Waals surface area (Å²) in [6.45, 7) is 0.286. The van der Waals surface area contributed by atoms with E-state index in [1.165, 1.54) is 17.9 Å². The molecule has 0 unspecified atom stereocenters. The summed E-state index contributed by atoms with van der Waals surface area (Å²) in [6, 6.07) is 8.31. The van der Waals surface area contributed by atoms with Gasteiger partial charge in [-0.25, -0.2) is 13.1 Å². The molecular formula is C19H18BrN3O5S. The Kier molecular flexibility index (Phi) is 4.99. The van der Waals surface area contributed by atoms with Crippen LogP contribution in [0.15, 0.2) is 45.9 Å². The highest BCUT2D eigenvalue weighted by Crippen LogP contribution is 2.44. The molecule has 0 spiro atoms. The minimum Gasteiger partial charge on any atom is -0.496 e. The number of sulfonamides is 1. The van der Waals surface area contributed by atoms with Crippen LogP contribution >= 0.6 is 15.9 Å². The van der Waals surface area contributed by atoms with Gasteiger partial charge >= 0.3 is 0 Å². The second-order valence-electron chi connectivity index (χ2n) is 6.61. The predicted octanol–water partition coefficient (Wildman–Crippen LogP) is 2.72. The first-order chi connectivity index (χ1) is 13.8. The van der Waals surface area contributed by atoms with Gasteiger partial charge in [0.05, 0.1) is 35.8 Å². The molecule has 3 aromatic rings. The molecule has 29 heavy (non-hydrogen) atoms. The van der Waals surface area contributed by atoms with Gasteiger partial charge in [-0.2, -0.15) is 5.10 Å². The Bertz CT molecular complexity index is 1220. The fraction of sp³-hybridized carbons (Fsp3) is 0.263. The maximum atomic E-state index is 13.0. The van der Waals surface area contributed by atoms with Crippen LogP contribution in [0.1, 0.15) is 17.9 Å². The molecule has 0 radical (unpaired) electrons. The summed E-state index contributed by atoms with van der Waals surface area (Å²) in [5.41, 5.74) is 0.958. The molecule has 0 saturated heterocycles. The van der Waals surface area contributed by atoms with Gasteiger partial charge in [-0.15, -0.1) is 0 Å². The average molecular weight is 480 g/mol. The molecule has 4 rings (SSSR count). The van der Waals surface area contributed by atoms with Crippen LogP contribution in [0.2, 0.25) is 0 Å². The highest BCUT2D eigenvalue weighted by molar-refractivity contribution is 9.10. The number of aryl methyl sites for hydroxylation is 1. The van der Waals surface area contributed by atoms with Crippen molar-refractivity contribution in [3.8, 4) is 11.5 Å². The molecular weight excluding hydrogens is 462 g/mol. The summed E-state index contributed by atoms with van der Waals surface area (Å²) in [7, 11) is -0.968. The van der Waals surface area contributed by atoms with Crippen LogP contribution < -0.4 is 14.2 Å². The molecule has 0 saturated carbocycles. The first kappa shape index (κ1) is 19.7. The Morgan fingerprint density at radius 2 is 2.14 bits per heavy atom. The summed E-state index contributed by atoms with van der Waals surface area (Å²) in [5.74, 6) is -0.409. The number of carbonyl (C=O) groups is 1. The molecule has 1 atom stereocenters. The third kappa shape index (κ3) is 3.36. The van der Waals surface area contributed by atoms with E-state index in [0.717, 1.165) is 0 Å². The van der Waals surface area contributed by atoms with Gasteiger partial charge in [0.25, 0.3) is 10.0 Å². The van der Waals surface area contributed by atoms with Gasteiger partial charge in [-0.3, -0.25) is 9.48 Å². The molecule has 1 aliphatic rings. The number of fused-ring (bicyclic) bond motifs is 2. The Balaban J connectivity index is 1.72. The van der Waals surface area contributed by atoms with Crippen molar-refractivity contribution in [2.45, 2.75) is 17.2 Å². The number of para-hydroxylation sites is 1. The lowest BCUT2D eigenvalue weighted by Crippen LogP contribution is -2.37. The van der Waals surface area contributed by atoms with Gasteiger partial charge in [0.2, 0.25) is 5.91 Å². The van der Waals surface area contributed by atoms with Crippen molar-refractivity contribution in [1.82, 2.24) is 14.5 Å². The molecule has 2 aromatic carbocycles. The molecule has 1 aliphatic heterocycles. The van der Waals surface area contributed by atoms with E-state index in [1.54, 1.807) is 37.5 Å². The zero-order valence-corrected chi connectivity index (χ0v) is 18.1. The molecule has 1 amide bonds. The van der Waals surface area contributed by atoms with Gasteiger partial charge in [-0.05, 0) is 40.5 Å². The minimum atomic E-state index is -4.11. The zero-order valence-electron chi connectivity index (χ0n) is 15.7. The summed E-state index contributed by atoms with van der Waals surface area (Å²) in [4.78, 5) is 13.0. The van der Waals surface area contributed by atoms with Crippen LogP contribution in [-0.4, -0.2) is 37.8 Å². The van der Waals surface area contributed by atoms with E-state index in [0.29, 0.717) is 38.9 Å². The van der Waals surface area contributed by atoms with E-state index in [4.69, 9.17) is 9.47 Å². The van der Waals surface area contributed by atoms with E-state index in [1.807, 2.05) is 0 Å². The van der Waals surface area contributed by atoms with Crippen LogP contribution in [0.25, 0.3) is 10.9 Å². The standard InChI is InChI=1S/C19H18BrN3O5S/c1-23-17-11(10-21-23)4-3-5-15(17)29(25,26)22-19(24)12-8-9-28-18-13(20)6-7-14(27-2)16(12)18/h3-7,10,12H,8-9H2,1-2H3,(H,22,24)/t12-/m1/s1. The highest BCUT2D eigenvalue weighted by Gasteiger charge is 2.35. The number of nitrogens with zero attached hydrogens (tertiary/aromatic N) is 2. The fourth-order valence-electron chi connectivity index (χ4n) is 3.57. The van der Waals surface area contributed by atoms with Gasteiger partial charge in [0.15, 0.2) is 0 Å². The second kappa shape index (κ2) is 7.34. The number of amides is 1. The molecule has 0 aliphatic carbocycles.